The largest absolute Gasteiger partial charge is 0.393 e. The van der Waals surface area contributed by atoms with Crippen LogP contribution >= 0.6 is 0 Å². The zero-order valence-corrected chi connectivity index (χ0v) is 9.78. The summed E-state index contributed by atoms with van der Waals surface area (Å²) < 4.78 is 0. The molecule has 0 aliphatic carbocycles. The normalized spacial score (nSPS) is 11.2. The van der Waals surface area contributed by atoms with Gasteiger partial charge in [0.05, 0.1) is 4.92 Å². The van der Waals surface area contributed by atoms with Crippen LogP contribution in [0.25, 0.3) is 0 Å². The summed E-state index contributed by atoms with van der Waals surface area (Å²) in [5, 5.41) is 13.7. The number of hydrogen-bond donors (Lipinski definition) is 2. The second-order valence-corrected chi connectivity index (χ2v) is 4.94. The molecule has 3 N–H and O–H groups in total. The van der Waals surface area contributed by atoms with Gasteiger partial charge in [-0.05, 0) is 17.5 Å². The van der Waals surface area contributed by atoms with Crippen molar-refractivity contribution in [2.75, 3.05) is 17.6 Å². The van der Waals surface area contributed by atoms with E-state index in [4.69, 9.17) is 5.73 Å². The number of nitro groups is 1. The number of nitrogens with zero attached hydrogens (tertiary/aromatic N) is 1. The van der Waals surface area contributed by atoms with Gasteiger partial charge in [0.25, 0.3) is 5.69 Å². The van der Waals surface area contributed by atoms with Crippen LogP contribution in [0.1, 0.15) is 20.8 Å². The van der Waals surface area contributed by atoms with E-state index < -0.39 is 4.92 Å². The van der Waals surface area contributed by atoms with Crippen molar-refractivity contribution in [3.8, 4) is 0 Å². The first-order chi connectivity index (χ1) is 7.29. The van der Waals surface area contributed by atoms with Gasteiger partial charge >= 0.3 is 0 Å². The highest BCUT2D eigenvalue weighted by Gasteiger charge is 2.13. The van der Waals surface area contributed by atoms with Gasteiger partial charge in [-0.25, -0.2) is 0 Å². The maximum Gasteiger partial charge on any atom is 0.292 e. The molecule has 0 spiro atoms. The lowest BCUT2D eigenvalue weighted by atomic mass is 9.97. The maximum absolute atomic E-state index is 10.6. The van der Waals surface area contributed by atoms with Gasteiger partial charge < -0.3 is 11.1 Å². The van der Waals surface area contributed by atoms with Crippen LogP contribution in [0.4, 0.5) is 17.1 Å². The van der Waals surface area contributed by atoms with Crippen molar-refractivity contribution in [2.24, 2.45) is 5.41 Å². The smallest absolute Gasteiger partial charge is 0.292 e. The molecule has 1 rings (SSSR count). The van der Waals surface area contributed by atoms with E-state index in [1.165, 1.54) is 6.07 Å². The summed E-state index contributed by atoms with van der Waals surface area (Å²) in [5.74, 6) is 0. The van der Waals surface area contributed by atoms with Crippen molar-refractivity contribution >= 4 is 17.1 Å². The van der Waals surface area contributed by atoms with Gasteiger partial charge in [-0.1, -0.05) is 20.8 Å². The van der Waals surface area contributed by atoms with Crippen LogP contribution in [-0.4, -0.2) is 11.5 Å². The van der Waals surface area contributed by atoms with Gasteiger partial charge in [-0.2, -0.15) is 0 Å². The summed E-state index contributed by atoms with van der Waals surface area (Å²) in [4.78, 5) is 10.1. The average molecular weight is 223 g/mol. The Bertz CT molecular complexity index is 397. The van der Waals surface area contributed by atoms with Crippen LogP contribution < -0.4 is 11.1 Å². The molecule has 0 bridgehead atoms. The van der Waals surface area contributed by atoms with Crippen LogP contribution in [-0.2, 0) is 0 Å². The molecule has 5 nitrogen and oxygen atoms in total. The first-order valence-electron chi connectivity index (χ1n) is 5.07. The molecule has 0 saturated heterocycles. The molecule has 0 aliphatic rings. The molecular weight excluding hydrogens is 206 g/mol. The van der Waals surface area contributed by atoms with Crippen molar-refractivity contribution in [1.29, 1.82) is 0 Å². The lowest BCUT2D eigenvalue weighted by Crippen LogP contribution is -2.19. The second-order valence-electron chi connectivity index (χ2n) is 4.94. The van der Waals surface area contributed by atoms with Crippen LogP contribution in [0.2, 0.25) is 0 Å². The monoisotopic (exact) mass is 223 g/mol. The SMILES string of the molecule is CC(C)(C)CNc1ccc([N+](=O)[O-])c(N)c1. The molecule has 1 aromatic rings. The van der Waals surface area contributed by atoms with E-state index >= 15 is 0 Å². The summed E-state index contributed by atoms with van der Waals surface area (Å²) >= 11 is 0. The third kappa shape index (κ3) is 3.42. The Morgan fingerprint density at radius 3 is 2.50 bits per heavy atom. The molecule has 0 radical (unpaired) electrons. The number of nitro benzene ring substituents is 1. The summed E-state index contributed by atoms with van der Waals surface area (Å²) in [5.41, 5.74) is 6.66. The van der Waals surface area contributed by atoms with Crippen molar-refractivity contribution in [2.45, 2.75) is 20.8 Å². The molecule has 5 heteroatoms. The number of hydrogen-bond acceptors (Lipinski definition) is 4. The van der Waals surface area contributed by atoms with Crippen molar-refractivity contribution < 1.29 is 4.92 Å². The second kappa shape index (κ2) is 4.38. The molecule has 0 aliphatic heterocycles. The molecule has 0 unspecified atom stereocenters. The van der Waals surface area contributed by atoms with Gasteiger partial charge in [-0.3, -0.25) is 10.1 Å². The highest BCUT2D eigenvalue weighted by molar-refractivity contribution is 5.65. The third-order valence-corrected chi connectivity index (χ3v) is 2.05. The fourth-order valence-electron chi connectivity index (χ4n) is 1.20. The van der Waals surface area contributed by atoms with E-state index in [0.29, 0.717) is 0 Å². The number of nitrogen functional groups attached to an aromatic ring is 1. The Hall–Kier alpha value is -1.78. The fraction of sp³-hybridized carbons (Fsp3) is 0.455. The average Bonchev–Trinajstić information content (AvgIpc) is 2.13. The molecule has 0 atom stereocenters. The fourth-order valence-corrected chi connectivity index (χ4v) is 1.20. The predicted molar refractivity (Wildman–Crippen MR) is 65.5 cm³/mol. The maximum atomic E-state index is 10.6. The Labute approximate surface area is 94.8 Å². The van der Waals surface area contributed by atoms with Crippen LogP contribution in [0.5, 0.6) is 0 Å². The number of nitrogens with one attached hydrogen (secondary N) is 1. The number of rotatable bonds is 3. The molecule has 1 aromatic carbocycles. The number of nitrogens with two attached hydrogens (primary N) is 1. The lowest BCUT2D eigenvalue weighted by molar-refractivity contribution is -0.383. The minimum Gasteiger partial charge on any atom is -0.393 e. The Balaban J connectivity index is 2.78. The highest BCUT2D eigenvalue weighted by Crippen LogP contribution is 2.25. The van der Waals surface area contributed by atoms with E-state index in [9.17, 15) is 10.1 Å². The van der Waals surface area contributed by atoms with Gasteiger partial charge in [0, 0.05) is 18.3 Å². The summed E-state index contributed by atoms with van der Waals surface area (Å²) in [6.45, 7) is 7.10. The van der Waals surface area contributed by atoms with Crippen molar-refractivity contribution in [3.05, 3.63) is 28.3 Å². The molecule has 0 aromatic heterocycles. The van der Waals surface area contributed by atoms with E-state index in [0.717, 1.165) is 12.2 Å². The van der Waals surface area contributed by atoms with E-state index in [-0.39, 0.29) is 16.8 Å². The lowest BCUT2D eigenvalue weighted by Gasteiger charge is -2.19. The Morgan fingerprint density at radius 2 is 2.06 bits per heavy atom. The Kier molecular flexibility index (Phi) is 3.37. The molecule has 0 amide bonds. The van der Waals surface area contributed by atoms with E-state index in [1.54, 1.807) is 12.1 Å². The molecular formula is C11H17N3O2. The summed E-state index contributed by atoms with van der Waals surface area (Å²) in [6, 6.07) is 4.67. The van der Waals surface area contributed by atoms with E-state index in [2.05, 4.69) is 26.1 Å². The quantitative estimate of drug-likeness (QED) is 0.469. The van der Waals surface area contributed by atoms with Crippen LogP contribution in [0, 0.1) is 15.5 Å². The van der Waals surface area contributed by atoms with Gasteiger partial charge in [0.2, 0.25) is 0 Å². The topological polar surface area (TPSA) is 81.2 Å². The van der Waals surface area contributed by atoms with Crippen LogP contribution in [0.15, 0.2) is 18.2 Å². The van der Waals surface area contributed by atoms with Gasteiger partial charge in [0.1, 0.15) is 5.69 Å². The van der Waals surface area contributed by atoms with Gasteiger partial charge in [0.15, 0.2) is 0 Å². The molecule has 16 heavy (non-hydrogen) atoms. The van der Waals surface area contributed by atoms with Crippen molar-refractivity contribution in [1.82, 2.24) is 0 Å². The number of anilines is 2. The minimum absolute atomic E-state index is 0.0543. The van der Waals surface area contributed by atoms with Crippen LogP contribution in [0.3, 0.4) is 0 Å². The zero-order chi connectivity index (χ0) is 12.3. The minimum atomic E-state index is -0.483. The van der Waals surface area contributed by atoms with Crippen molar-refractivity contribution in [3.63, 3.8) is 0 Å². The Morgan fingerprint density at radius 1 is 1.44 bits per heavy atom. The first kappa shape index (κ1) is 12.3. The molecule has 0 heterocycles. The standard InChI is InChI=1S/C11H17N3O2/c1-11(2,3)7-13-8-4-5-10(14(15)16)9(12)6-8/h4-6,13H,7,12H2,1-3H3. The van der Waals surface area contributed by atoms with E-state index in [1.807, 2.05) is 0 Å². The number of benzene rings is 1. The predicted octanol–water partition coefficient (Wildman–Crippen LogP) is 2.63. The molecule has 0 fully saturated rings. The van der Waals surface area contributed by atoms with Gasteiger partial charge in [-0.15, -0.1) is 0 Å². The highest BCUT2D eigenvalue weighted by atomic mass is 16.6. The molecule has 0 saturated carbocycles. The third-order valence-electron chi connectivity index (χ3n) is 2.05. The molecule has 88 valence electrons. The zero-order valence-electron chi connectivity index (χ0n) is 9.78. The summed E-state index contributed by atoms with van der Waals surface area (Å²) in [6.07, 6.45) is 0. The summed E-state index contributed by atoms with van der Waals surface area (Å²) in [7, 11) is 0. The first-order valence-corrected chi connectivity index (χ1v) is 5.07.